The van der Waals surface area contributed by atoms with Crippen LogP contribution < -0.4 is 10.1 Å². The number of esters is 1. The third kappa shape index (κ3) is 6.28. The number of aromatic nitrogens is 1. The maximum atomic E-state index is 12.0. The molecular formula is C26H31N3O4. The third-order valence-electron chi connectivity index (χ3n) is 6.14. The highest BCUT2D eigenvalue weighted by atomic mass is 16.5. The zero-order valence-corrected chi connectivity index (χ0v) is 18.9. The lowest BCUT2D eigenvalue weighted by atomic mass is 10.0. The fourth-order valence-corrected chi connectivity index (χ4v) is 4.24. The first-order valence-electron chi connectivity index (χ1n) is 11.4. The average molecular weight is 450 g/mol. The van der Waals surface area contributed by atoms with Crippen LogP contribution in [0.5, 0.6) is 5.75 Å². The lowest BCUT2D eigenvalue weighted by molar-refractivity contribution is -0.144. The van der Waals surface area contributed by atoms with E-state index < -0.39 is 6.10 Å². The van der Waals surface area contributed by atoms with E-state index in [2.05, 4.69) is 15.2 Å². The summed E-state index contributed by atoms with van der Waals surface area (Å²) in [7, 11) is 1.63. The molecule has 7 heteroatoms. The highest BCUT2D eigenvalue weighted by Crippen LogP contribution is 2.27. The third-order valence-corrected chi connectivity index (χ3v) is 6.14. The van der Waals surface area contributed by atoms with E-state index in [4.69, 9.17) is 9.47 Å². The number of β-amino-alcohol motifs (C(OH)–C–C–N with tert-alkyl or cyclic N) is 1. The maximum absolute atomic E-state index is 12.0. The number of piperidine rings is 1. The summed E-state index contributed by atoms with van der Waals surface area (Å²) in [5, 5.41) is 15.2. The SMILES string of the molecule is COc1ccc2nccc([C@@H](O)CN3CCC(NCC(=O)OCc4ccccc4)CC3)c2c1. The Morgan fingerprint density at radius 2 is 1.97 bits per heavy atom. The molecule has 1 saturated heterocycles. The number of methoxy groups -OCH3 is 1. The Hall–Kier alpha value is -3.00. The summed E-state index contributed by atoms with van der Waals surface area (Å²) in [6.07, 6.45) is 2.97. The van der Waals surface area contributed by atoms with Crippen LogP contribution in [-0.2, 0) is 16.1 Å². The summed E-state index contributed by atoms with van der Waals surface area (Å²) < 4.78 is 10.7. The number of rotatable bonds is 9. The molecule has 0 unspecified atom stereocenters. The molecule has 1 aliphatic heterocycles. The second-order valence-electron chi connectivity index (χ2n) is 8.40. The van der Waals surface area contributed by atoms with Crippen LogP contribution in [0.1, 0.15) is 30.1 Å². The van der Waals surface area contributed by atoms with Gasteiger partial charge in [-0.1, -0.05) is 30.3 Å². The molecule has 33 heavy (non-hydrogen) atoms. The topological polar surface area (TPSA) is 83.9 Å². The van der Waals surface area contributed by atoms with Gasteiger partial charge in [0.2, 0.25) is 0 Å². The summed E-state index contributed by atoms with van der Waals surface area (Å²) in [5.41, 5.74) is 2.69. The largest absolute Gasteiger partial charge is 0.497 e. The first kappa shape index (κ1) is 23.2. The van der Waals surface area contributed by atoms with Crippen molar-refractivity contribution in [1.82, 2.24) is 15.2 Å². The standard InChI is InChI=1S/C26H31N3O4/c1-32-21-7-8-24-23(15-21)22(9-12-27-24)25(30)17-29-13-10-20(11-14-29)28-16-26(31)33-18-19-5-3-2-4-6-19/h2-9,12,15,20,25,28,30H,10-11,13-14,16-18H2,1H3/t25-/m0/s1. The molecule has 1 atom stereocenters. The number of nitrogens with zero attached hydrogens (tertiary/aromatic N) is 2. The van der Waals surface area contributed by atoms with Crippen LogP contribution in [0.25, 0.3) is 10.9 Å². The second kappa shape index (κ2) is 11.2. The summed E-state index contributed by atoms with van der Waals surface area (Å²) in [5.74, 6) is 0.509. The number of nitrogens with one attached hydrogen (secondary N) is 1. The van der Waals surface area contributed by atoms with Gasteiger partial charge in [0.1, 0.15) is 12.4 Å². The number of hydrogen-bond acceptors (Lipinski definition) is 7. The number of likely N-dealkylation sites (tertiary alicyclic amines) is 1. The number of carbonyl (C=O) groups excluding carboxylic acids is 1. The molecular weight excluding hydrogens is 418 g/mol. The first-order valence-corrected chi connectivity index (χ1v) is 11.4. The Labute approximate surface area is 194 Å². The summed E-state index contributed by atoms with van der Waals surface area (Å²) in [6.45, 7) is 2.79. The van der Waals surface area contributed by atoms with Gasteiger partial charge in [0.05, 0.1) is 25.3 Å². The molecule has 1 aromatic heterocycles. The predicted molar refractivity (Wildman–Crippen MR) is 127 cm³/mol. The van der Waals surface area contributed by atoms with Gasteiger partial charge in [-0.25, -0.2) is 0 Å². The summed E-state index contributed by atoms with van der Waals surface area (Å²) >= 11 is 0. The number of carbonyl (C=O) groups is 1. The maximum Gasteiger partial charge on any atom is 0.320 e. The molecule has 0 bridgehead atoms. The van der Waals surface area contributed by atoms with Crippen molar-refractivity contribution in [2.75, 3.05) is 33.3 Å². The number of benzene rings is 2. The second-order valence-corrected chi connectivity index (χ2v) is 8.40. The number of aliphatic hydroxyl groups excluding tert-OH is 1. The van der Waals surface area contributed by atoms with E-state index in [0.29, 0.717) is 13.2 Å². The highest BCUT2D eigenvalue weighted by molar-refractivity contribution is 5.83. The van der Waals surface area contributed by atoms with E-state index in [-0.39, 0.29) is 18.6 Å². The fraction of sp³-hybridized carbons (Fsp3) is 0.385. The van der Waals surface area contributed by atoms with Gasteiger partial charge in [0.25, 0.3) is 0 Å². The quantitative estimate of drug-likeness (QED) is 0.486. The Kier molecular flexibility index (Phi) is 7.88. The molecule has 2 heterocycles. The number of aliphatic hydroxyl groups is 1. The molecule has 0 amide bonds. The zero-order valence-electron chi connectivity index (χ0n) is 18.9. The van der Waals surface area contributed by atoms with Crippen LogP contribution >= 0.6 is 0 Å². The monoisotopic (exact) mass is 449 g/mol. The minimum Gasteiger partial charge on any atom is -0.497 e. The van der Waals surface area contributed by atoms with E-state index in [1.165, 1.54) is 0 Å². The zero-order chi connectivity index (χ0) is 23.0. The highest BCUT2D eigenvalue weighted by Gasteiger charge is 2.23. The number of pyridine rings is 1. The van der Waals surface area contributed by atoms with Crippen LogP contribution in [0.4, 0.5) is 0 Å². The summed E-state index contributed by atoms with van der Waals surface area (Å²) in [6, 6.07) is 17.5. The average Bonchev–Trinajstić information content (AvgIpc) is 2.87. The van der Waals surface area contributed by atoms with Crippen molar-refractivity contribution >= 4 is 16.9 Å². The molecule has 3 aromatic rings. The first-order chi connectivity index (χ1) is 16.1. The molecule has 174 valence electrons. The molecule has 0 spiro atoms. The Bertz CT molecular complexity index is 1050. The van der Waals surface area contributed by atoms with Gasteiger partial charge >= 0.3 is 5.97 Å². The van der Waals surface area contributed by atoms with E-state index in [1.807, 2.05) is 54.6 Å². The van der Waals surface area contributed by atoms with Crippen molar-refractivity contribution in [3.05, 3.63) is 71.9 Å². The molecule has 2 aromatic carbocycles. The van der Waals surface area contributed by atoms with E-state index in [0.717, 1.165) is 53.7 Å². The van der Waals surface area contributed by atoms with Gasteiger partial charge in [-0.05, 0) is 61.3 Å². The van der Waals surface area contributed by atoms with Gasteiger partial charge in [-0.15, -0.1) is 0 Å². The van der Waals surface area contributed by atoms with Gasteiger partial charge in [0.15, 0.2) is 0 Å². The van der Waals surface area contributed by atoms with Crippen LogP contribution in [0.2, 0.25) is 0 Å². The Morgan fingerprint density at radius 1 is 1.18 bits per heavy atom. The fourth-order valence-electron chi connectivity index (χ4n) is 4.24. The van der Waals surface area contributed by atoms with E-state index in [9.17, 15) is 9.90 Å². The van der Waals surface area contributed by atoms with Crippen LogP contribution in [-0.4, -0.2) is 60.3 Å². The van der Waals surface area contributed by atoms with E-state index in [1.54, 1.807) is 13.3 Å². The van der Waals surface area contributed by atoms with Crippen molar-refractivity contribution in [2.45, 2.75) is 31.6 Å². The molecule has 0 radical (unpaired) electrons. The smallest absolute Gasteiger partial charge is 0.320 e. The van der Waals surface area contributed by atoms with Gasteiger partial charge < -0.3 is 24.8 Å². The lowest BCUT2D eigenvalue weighted by Gasteiger charge is -2.33. The number of ether oxygens (including phenoxy) is 2. The Morgan fingerprint density at radius 3 is 2.73 bits per heavy atom. The van der Waals surface area contributed by atoms with Gasteiger partial charge in [-0.3, -0.25) is 9.78 Å². The molecule has 0 aliphatic carbocycles. The minimum atomic E-state index is -0.611. The van der Waals surface area contributed by atoms with Crippen molar-refractivity contribution in [3.63, 3.8) is 0 Å². The number of fused-ring (bicyclic) bond motifs is 1. The molecule has 2 N–H and O–H groups in total. The summed E-state index contributed by atoms with van der Waals surface area (Å²) in [4.78, 5) is 18.7. The molecule has 0 saturated carbocycles. The predicted octanol–water partition coefficient (Wildman–Crippen LogP) is 3.07. The normalized spacial score (nSPS) is 15.9. The van der Waals surface area contributed by atoms with Crippen molar-refractivity contribution in [3.8, 4) is 5.75 Å². The van der Waals surface area contributed by atoms with Crippen LogP contribution in [0, 0.1) is 0 Å². The molecule has 7 nitrogen and oxygen atoms in total. The molecule has 1 fully saturated rings. The lowest BCUT2D eigenvalue weighted by Crippen LogP contribution is -2.45. The van der Waals surface area contributed by atoms with Crippen LogP contribution in [0.3, 0.4) is 0 Å². The molecule has 4 rings (SSSR count). The minimum absolute atomic E-state index is 0.213. The Balaban J connectivity index is 1.22. The van der Waals surface area contributed by atoms with Crippen molar-refractivity contribution in [2.24, 2.45) is 0 Å². The van der Waals surface area contributed by atoms with Crippen molar-refractivity contribution < 1.29 is 19.4 Å². The van der Waals surface area contributed by atoms with Gasteiger partial charge in [-0.2, -0.15) is 0 Å². The van der Waals surface area contributed by atoms with E-state index >= 15 is 0 Å². The van der Waals surface area contributed by atoms with Gasteiger partial charge in [0, 0.05) is 24.2 Å². The molecule has 1 aliphatic rings. The van der Waals surface area contributed by atoms with Crippen molar-refractivity contribution in [1.29, 1.82) is 0 Å². The van der Waals surface area contributed by atoms with Crippen LogP contribution in [0.15, 0.2) is 60.8 Å². The number of hydrogen-bond donors (Lipinski definition) is 2.